The maximum absolute atomic E-state index is 12.4. The first-order chi connectivity index (χ1) is 7.85. The van der Waals surface area contributed by atoms with Crippen molar-refractivity contribution >= 4 is 5.97 Å². The Hall–Kier alpha value is -0.870. The van der Waals surface area contributed by atoms with Crippen molar-refractivity contribution in [1.82, 2.24) is 5.32 Å². The van der Waals surface area contributed by atoms with Gasteiger partial charge in [0.2, 0.25) is 0 Å². The first-order valence-electron chi connectivity index (χ1n) is 6.15. The molecule has 0 spiro atoms. The van der Waals surface area contributed by atoms with Gasteiger partial charge in [0.05, 0.1) is 5.41 Å². The molecule has 0 aromatic rings. The second-order valence-electron chi connectivity index (χ2n) is 6.00. The van der Waals surface area contributed by atoms with Crippen molar-refractivity contribution in [3.8, 4) is 0 Å². The topological polar surface area (TPSA) is 58.6 Å². The smallest absolute Gasteiger partial charge is 0.314 e. The molecule has 2 N–H and O–H groups in total. The van der Waals surface area contributed by atoms with Crippen molar-refractivity contribution in [2.24, 2.45) is 11.3 Å². The summed E-state index contributed by atoms with van der Waals surface area (Å²) in [6.07, 6.45) is 4.82. The second-order valence-corrected chi connectivity index (χ2v) is 6.00. The summed E-state index contributed by atoms with van der Waals surface area (Å²) < 4.78 is 5.51. The lowest BCUT2D eigenvalue weighted by Crippen LogP contribution is -2.44. The van der Waals surface area contributed by atoms with Crippen LogP contribution in [0.5, 0.6) is 0 Å². The lowest BCUT2D eigenvalue weighted by atomic mass is 9.70. The number of hydrogen-bond acceptors (Lipinski definition) is 4. The van der Waals surface area contributed by atoms with E-state index in [1.54, 1.807) is 0 Å². The lowest BCUT2D eigenvalue weighted by Gasteiger charge is -2.36. The second kappa shape index (κ2) is 4.10. The number of hydrogen-bond donors (Lipinski definition) is 2. The summed E-state index contributed by atoms with van der Waals surface area (Å²) in [6, 6.07) is 0. The van der Waals surface area contributed by atoms with Gasteiger partial charge in [0, 0.05) is 12.5 Å². The van der Waals surface area contributed by atoms with E-state index in [9.17, 15) is 9.90 Å². The zero-order chi connectivity index (χ0) is 12.7. The van der Waals surface area contributed by atoms with Crippen LogP contribution in [0.3, 0.4) is 0 Å². The normalized spacial score (nSPS) is 36.7. The molecule has 2 aliphatic rings. The van der Waals surface area contributed by atoms with E-state index in [-0.39, 0.29) is 11.9 Å². The average molecular weight is 239 g/mol. The van der Waals surface area contributed by atoms with Gasteiger partial charge >= 0.3 is 5.97 Å². The molecule has 1 saturated heterocycles. The molecule has 96 valence electrons. The molecule has 4 nitrogen and oxygen atoms in total. The first kappa shape index (κ1) is 12.6. The summed E-state index contributed by atoms with van der Waals surface area (Å²) in [5.74, 6) is -0.259. The van der Waals surface area contributed by atoms with E-state index < -0.39 is 17.2 Å². The molecule has 1 heterocycles. The third-order valence-corrected chi connectivity index (χ3v) is 3.56. The summed E-state index contributed by atoms with van der Waals surface area (Å²) in [6.45, 7) is 6.11. The van der Waals surface area contributed by atoms with Crippen LogP contribution in [0.1, 0.15) is 33.6 Å². The molecule has 2 rings (SSSR count). The Morgan fingerprint density at radius 2 is 2.18 bits per heavy atom. The molecule has 0 amide bonds. The molecule has 4 heteroatoms. The van der Waals surface area contributed by atoms with Crippen LogP contribution in [0.15, 0.2) is 12.2 Å². The SMILES string of the molecule is CC(C)(C)OC(=O)C12CC=CCC1C(O)NC2. The molecular formula is C13H21NO3. The molecule has 0 bridgehead atoms. The van der Waals surface area contributed by atoms with Crippen LogP contribution >= 0.6 is 0 Å². The Balaban J connectivity index is 2.22. The number of fused-ring (bicyclic) bond motifs is 1. The third kappa shape index (κ3) is 2.24. The van der Waals surface area contributed by atoms with Crippen LogP contribution < -0.4 is 5.32 Å². The maximum atomic E-state index is 12.4. The van der Waals surface area contributed by atoms with E-state index in [1.807, 2.05) is 32.9 Å². The van der Waals surface area contributed by atoms with Crippen LogP contribution in [0, 0.1) is 11.3 Å². The summed E-state index contributed by atoms with van der Waals surface area (Å²) in [7, 11) is 0. The Bertz CT molecular complexity index is 345. The van der Waals surface area contributed by atoms with Crippen molar-refractivity contribution in [3.05, 3.63) is 12.2 Å². The monoisotopic (exact) mass is 239 g/mol. The van der Waals surface area contributed by atoms with Gasteiger partial charge in [-0.15, -0.1) is 0 Å². The molecule has 3 unspecified atom stereocenters. The number of aliphatic hydroxyl groups excluding tert-OH is 1. The predicted octanol–water partition coefficient (Wildman–Crippen LogP) is 1.20. The molecule has 0 aromatic heterocycles. The number of aliphatic hydroxyl groups is 1. The van der Waals surface area contributed by atoms with E-state index >= 15 is 0 Å². The minimum Gasteiger partial charge on any atom is -0.459 e. The van der Waals surface area contributed by atoms with Crippen molar-refractivity contribution < 1.29 is 14.6 Å². The Morgan fingerprint density at radius 1 is 1.47 bits per heavy atom. The van der Waals surface area contributed by atoms with Crippen molar-refractivity contribution in [2.75, 3.05) is 6.54 Å². The van der Waals surface area contributed by atoms with Crippen molar-refractivity contribution in [2.45, 2.75) is 45.4 Å². The number of ether oxygens (including phenoxy) is 1. The van der Waals surface area contributed by atoms with E-state index in [0.29, 0.717) is 13.0 Å². The molecule has 3 atom stereocenters. The number of esters is 1. The van der Waals surface area contributed by atoms with E-state index in [0.717, 1.165) is 6.42 Å². The van der Waals surface area contributed by atoms with Crippen LogP contribution in [0.4, 0.5) is 0 Å². The number of carbonyl (C=O) groups is 1. The van der Waals surface area contributed by atoms with Gasteiger partial charge in [-0.25, -0.2) is 0 Å². The summed E-state index contributed by atoms with van der Waals surface area (Å²) in [5.41, 5.74) is -1.06. The fourth-order valence-corrected chi connectivity index (χ4v) is 2.66. The highest BCUT2D eigenvalue weighted by Gasteiger charge is 2.54. The number of allylic oxidation sites excluding steroid dienone is 2. The fourth-order valence-electron chi connectivity index (χ4n) is 2.66. The molecule has 1 aliphatic carbocycles. The maximum Gasteiger partial charge on any atom is 0.314 e. The predicted molar refractivity (Wildman–Crippen MR) is 64.2 cm³/mol. The summed E-state index contributed by atoms with van der Waals surface area (Å²) in [4.78, 5) is 12.4. The Morgan fingerprint density at radius 3 is 2.82 bits per heavy atom. The highest BCUT2D eigenvalue weighted by atomic mass is 16.6. The van der Waals surface area contributed by atoms with Crippen molar-refractivity contribution in [1.29, 1.82) is 0 Å². The van der Waals surface area contributed by atoms with Crippen LogP contribution in [0.25, 0.3) is 0 Å². The summed E-state index contributed by atoms with van der Waals surface area (Å²) in [5, 5.41) is 12.9. The van der Waals surface area contributed by atoms with Gasteiger partial charge in [-0.2, -0.15) is 0 Å². The van der Waals surface area contributed by atoms with Gasteiger partial charge in [0.1, 0.15) is 11.8 Å². The molecule has 0 aromatic carbocycles. The minimum atomic E-state index is -0.604. The van der Waals surface area contributed by atoms with E-state index in [1.165, 1.54) is 0 Å². The quantitative estimate of drug-likeness (QED) is 0.533. The lowest BCUT2D eigenvalue weighted by molar-refractivity contribution is -0.170. The van der Waals surface area contributed by atoms with E-state index in [4.69, 9.17) is 4.74 Å². The van der Waals surface area contributed by atoms with Crippen LogP contribution in [-0.2, 0) is 9.53 Å². The molecule has 17 heavy (non-hydrogen) atoms. The van der Waals surface area contributed by atoms with Crippen LogP contribution in [0.2, 0.25) is 0 Å². The number of carbonyl (C=O) groups excluding carboxylic acids is 1. The van der Waals surface area contributed by atoms with Gasteiger partial charge in [-0.05, 0) is 33.6 Å². The van der Waals surface area contributed by atoms with Crippen molar-refractivity contribution in [3.63, 3.8) is 0 Å². The highest BCUT2D eigenvalue weighted by molar-refractivity contribution is 5.79. The van der Waals surface area contributed by atoms with Gasteiger partial charge in [0.15, 0.2) is 0 Å². The van der Waals surface area contributed by atoms with E-state index in [2.05, 4.69) is 5.32 Å². The zero-order valence-corrected chi connectivity index (χ0v) is 10.7. The first-order valence-corrected chi connectivity index (χ1v) is 6.15. The standard InChI is InChI=1S/C13H21NO3/c1-12(2,3)17-11(16)13-7-5-4-6-9(13)10(15)14-8-13/h4-5,9-10,14-15H,6-8H2,1-3H3. The number of nitrogens with one attached hydrogen (secondary N) is 1. The molecule has 0 radical (unpaired) electrons. The molecule has 0 saturated carbocycles. The molecule has 1 aliphatic heterocycles. The van der Waals surface area contributed by atoms with Gasteiger partial charge < -0.3 is 9.84 Å². The Kier molecular flexibility index (Phi) is 3.04. The number of rotatable bonds is 1. The fraction of sp³-hybridized carbons (Fsp3) is 0.769. The minimum absolute atomic E-state index is 0.0673. The Labute approximate surface area is 102 Å². The summed E-state index contributed by atoms with van der Waals surface area (Å²) >= 11 is 0. The zero-order valence-electron chi connectivity index (χ0n) is 10.7. The molecule has 1 fully saturated rings. The largest absolute Gasteiger partial charge is 0.459 e. The highest BCUT2D eigenvalue weighted by Crippen LogP contribution is 2.44. The van der Waals surface area contributed by atoms with Gasteiger partial charge in [-0.1, -0.05) is 12.2 Å². The van der Waals surface area contributed by atoms with Gasteiger partial charge in [0.25, 0.3) is 0 Å². The third-order valence-electron chi connectivity index (χ3n) is 3.56. The van der Waals surface area contributed by atoms with Gasteiger partial charge in [-0.3, -0.25) is 10.1 Å². The molecular weight excluding hydrogens is 218 g/mol. The van der Waals surface area contributed by atoms with Crippen LogP contribution in [-0.4, -0.2) is 29.4 Å². The average Bonchev–Trinajstić information content (AvgIpc) is 2.56.